The number of carbonyl (C=O) groups excluding carboxylic acids is 4. The number of alkyl carbamates (subject to hydrolysis) is 1. The van der Waals surface area contributed by atoms with E-state index in [9.17, 15) is 19.2 Å². The Morgan fingerprint density at radius 2 is 1.68 bits per heavy atom. The van der Waals surface area contributed by atoms with Gasteiger partial charge in [-0.05, 0) is 78.0 Å². The molecule has 1 fully saturated rings. The number of amides is 4. The molecule has 0 bridgehead atoms. The lowest BCUT2D eigenvalue weighted by Gasteiger charge is -2.45. The summed E-state index contributed by atoms with van der Waals surface area (Å²) in [4.78, 5) is 54.4. The molecule has 2 atom stereocenters. The molecule has 0 radical (unpaired) electrons. The van der Waals surface area contributed by atoms with Gasteiger partial charge in [0.25, 0.3) is 0 Å². The molecule has 9 heteroatoms. The summed E-state index contributed by atoms with van der Waals surface area (Å²) in [5.74, 6) is 1.16. The third-order valence-corrected chi connectivity index (χ3v) is 7.27. The van der Waals surface area contributed by atoms with E-state index in [2.05, 4.69) is 16.6 Å². The summed E-state index contributed by atoms with van der Waals surface area (Å²) in [6.07, 6.45) is 10.0. The minimum absolute atomic E-state index is 0.0148. The average molecular weight is 555 g/mol. The van der Waals surface area contributed by atoms with Crippen molar-refractivity contribution in [3.63, 3.8) is 0 Å². The van der Waals surface area contributed by atoms with Gasteiger partial charge in [0.1, 0.15) is 17.7 Å². The van der Waals surface area contributed by atoms with E-state index in [4.69, 9.17) is 16.9 Å². The van der Waals surface area contributed by atoms with Crippen LogP contribution in [0.4, 0.5) is 4.79 Å². The van der Waals surface area contributed by atoms with Gasteiger partial charge in [-0.2, -0.15) is 0 Å². The SMILES string of the molecule is C#Cc1ccc(C(C(=O)NC2CCCCC2)N(C(=O)C(CCC(N)=O)NC(=O)OC(C)(C)C)C(C)(C)CC)cc1. The number of carbonyl (C=O) groups is 4. The van der Waals surface area contributed by atoms with Crippen LogP contribution in [0.1, 0.15) is 110 Å². The number of ether oxygens (including phenoxy) is 1. The van der Waals surface area contributed by atoms with Crippen molar-refractivity contribution in [3.8, 4) is 12.3 Å². The Hall–Kier alpha value is -3.54. The Kier molecular flexibility index (Phi) is 11.6. The maximum Gasteiger partial charge on any atom is 0.408 e. The van der Waals surface area contributed by atoms with E-state index in [0.717, 1.165) is 32.1 Å². The lowest BCUT2D eigenvalue weighted by Crippen LogP contribution is -2.60. The molecule has 0 heterocycles. The number of nitrogens with zero attached hydrogens (tertiary/aromatic N) is 1. The minimum Gasteiger partial charge on any atom is -0.444 e. The van der Waals surface area contributed by atoms with E-state index in [1.165, 1.54) is 4.90 Å². The van der Waals surface area contributed by atoms with Crippen LogP contribution in [0.25, 0.3) is 0 Å². The summed E-state index contributed by atoms with van der Waals surface area (Å²) in [5.41, 5.74) is 5.03. The zero-order valence-corrected chi connectivity index (χ0v) is 24.8. The van der Waals surface area contributed by atoms with Gasteiger partial charge in [0.05, 0.1) is 0 Å². The molecule has 0 aromatic heterocycles. The fourth-order valence-electron chi connectivity index (χ4n) is 4.81. The van der Waals surface area contributed by atoms with Crippen molar-refractivity contribution in [1.29, 1.82) is 0 Å². The molecule has 1 aromatic carbocycles. The highest BCUT2D eigenvalue weighted by Crippen LogP contribution is 2.33. The summed E-state index contributed by atoms with van der Waals surface area (Å²) >= 11 is 0. The van der Waals surface area contributed by atoms with Crippen molar-refractivity contribution in [1.82, 2.24) is 15.5 Å². The maximum absolute atomic E-state index is 14.4. The third kappa shape index (κ3) is 9.58. The van der Waals surface area contributed by atoms with Crippen LogP contribution in [0.15, 0.2) is 24.3 Å². The van der Waals surface area contributed by atoms with Crippen LogP contribution in [0.3, 0.4) is 0 Å². The van der Waals surface area contributed by atoms with Gasteiger partial charge < -0.3 is 26.0 Å². The van der Waals surface area contributed by atoms with E-state index in [0.29, 0.717) is 17.5 Å². The highest BCUT2D eigenvalue weighted by molar-refractivity contribution is 5.93. The van der Waals surface area contributed by atoms with Crippen molar-refractivity contribution in [3.05, 3.63) is 35.4 Å². The smallest absolute Gasteiger partial charge is 0.408 e. The standard InChI is InChI=1S/C31H46N4O5/c1-8-21-15-17-22(18-16-21)26(27(37)33-23-13-11-10-12-14-23)35(31(6,7)9-2)28(38)24(19-20-25(32)36)34-29(39)40-30(3,4)5/h1,15-18,23-24,26H,9-14,19-20H2,2-7H3,(H2,32,36)(H,33,37)(H,34,39). The summed E-state index contributed by atoms with van der Waals surface area (Å²) in [7, 11) is 0. The first-order valence-electron chi connectivity index (χ1n) is 14.2. The van der Waals surface area contributed by atoms with Crippen LogP contribution in [0, 0.1) is 12.3 Å². The van der Waals surface area contributed by atoms with Crippen molar-refractivity contribution >= 4 is 23.8 Å². The number of terminal acetylenes is 1. The van der Waals surface area contributed by atoms with Crippen molar-refractivity contribution in [2.45, 2.75) is 122 Å². The normalized spacial score (nSPS) is 15.7. The minimum atomic E-state index is -1.15. The van der Waals surface area contributed by atoms with Crippen molar-refractivity contribution in [2.75, 3.05) is 0 Å². The number of benzene rings is 1. The second-order valence-corrected chi connectivity index (χ2v) is 12.1. The number of hydrogen-bond acceptors (Lipinski definition) is 5. The van der Waals surface area contributed by atoms with Crippen LogP contribution in [0.2, 0.25) is 0 Å². The Balaban J connectivity index is 2.58. The molecule has 1 saturated carbocycles. The van der Waals surface area contributed by atoms with Gasteiger partial charge in [0.2, 0.25) is 17.7 Å². The molecule has 4 amide bonds. The monoisotopic (exact) mass is 554 g/mol. The van der Waals surface area contributed by atoms with Gasteiger partial charge in [0.15, 0.2) is 0 Å². The summed E-state index contributed by atoms with van der Waals surface area (Å²) in [6.45, 7) is 10.8. The molecule has 4 N–H and O–H groups in total. The molecule has 2 unspecified atom stereocenters. The largest absolute Gasteiger partial charge is 0.444 e. The molecule has 220 valence electrons. The molecule has 0 spiro atoms. The number of primary amides is 1. The molecular weight excluding hydrogens is 508 g/mol. The fraction of sp³-hybridized carbons (Fsp3) is 0.613. The van der Waals surface area contributed by atoms with Crippen LogP contribution >= 0.6 is 0 Å². The molecule has 40 heavy (non-hydrogen) atoms. The van der Waals surface area contributed by atoms with E-state index in [-0.39, 0.29) is 24.8 Å². The second-order valence-electron chi connectivity index (χ2n) is 12.1. The molecule has 1 aliphatic carbocycles. The topological polar surface area (TPSA) is 131 Å². The van der Waals surface area contributed by atoms with Gasteiger partial charge in [-0.1, -0.05) is 44.2 Å². The van der Waals surface area contributed by atoms with Gasteiger partial charge in [-0.25, -0.2) is 4.79 Å². The van der Waals surface area contributed by atoms with E-state index in [1.807, 2.05) is 20.8 Å². The zero-order valence-electron chi connectivity index (χ0n) is 24.8. The molecule has 1 aliphatic rings. The van der Waals surface area contributed by atoms with E-state index in [1.54, 1.807) is 45.0 Å². The zero-order chi connectivity index (χ0) is 30.1. The Bertz CT molecular complexity index is 1080. The predicted molar refractivity (Wildman–Crippen MR) is 155 cm³/mol. The molecule has 1 aromatic rings. The molecule has 0 aliphatic heterocycles. The number of nitrogens with two attached hydrogens (primary N) is 1. The molecule has 0 saturated heterocycles. The number of rotatable bonds is 11. The Morgan fingerprint density at radius 1 is 1.07 bits per heavy atom. The van der Waals surface area contributed by atoms with Crippen LogP contribution in [-0.4, -0.2) is 51.9 Å². The molecule has 2 rings (SSSR count). The van der Waals surface area contributed by atoms with Gasteiger partial charge in [-0.15, -0.1) is 6.42 Å². The second kappa shape index (κ2) is 14.2. The molecular formula is C31H46N4O5. The fourth-order valence-corrected chi connectivity index (χ4v) is 4.81. The lowest BCUT2D eigenvalue weighted by atomic mass is 9.90. The van der Waals surface area contributed by atoms with Gasteiger partial charge >= 0.3 is 6.09 Å². The van der Waals surface area contributed by atoms with Crippen LogP contribution in [-0.2, 0) is 19.1 Å². The van der Waals surface area contributed by atoms with E-state index < -0.39 is 41.1 Å². The van der Waals surface area contributed by atoms with Crippen LogP contribution in [0.5, 0.6) is 0 Å². The van der Waals surface area contributed by atoms with E-state index >= 15 is 0 Å². The maximum atomic E-state index is 14.4. The predicted octanol–water partition coefficient (Wildman–Crippen LogP) is 4.33. The molecule has 9 nitrogen and oxygen atoms in total. The highest BCUT2D eigenvalue weighted by Gasteiger charge is 2.43. The summed E-state index contributed by atoms with van der Waals surface area (Å²) in [6, 6.07) is 4.85. The van der Waals surface area contributed by atoms with Crippen molar-refractivity contribution < 1.29 is 23.9 Å². The van der Waals surface area contributed by atoms with Crippen molar-refractivity contribution in [2.24, 2.45) is 5.73 Å². The Labute approximate surface area is 239 Å². The summed E-state index contributed by atoms with van der Waals surface area (Å²) in [5, 5.41) is 5.81. The highest BCUT2D eigenvalue weighted by atomic mass is 16.6. The van der Waals surface area contributed by atoms with Gasteiger partial charge in [-0.3, -0.25) is 14.4 Å². The van der Waals surface area contributed by atoms with Gasteiger partial charge in [0, 0.05) is 23.6 Å². The first kappa shape index (κ1) is 32.7. The Morgan fingerprint density at radius 3 is 2.17 bits per heavy atom. The first-order chi connectivity index (χ1) is 18.7. The summed E-state index contributed by atoms with van der Waals surface area (Å²) < 4.78 is 5.40. The third-order valence-electron chi connectivity index (χ3n) is 7.27. The lowest BCUT2D eigenvalue weighted by molar-refractivity contribution is -0.150. The quantitative estimate of drug-likeness (QED) is 0.351. The van der Waals surface area contributed by atoms with Crippen LogP contribution < -0.4 is 16.4 Å². The average Bonchev–Trinajstić information content (AvgIpc) is 2.88. The number of hydrogen-bond donors (Lipinski definition) is 3. The first-order valence-corrected chi connectivity index (χ1v) is 14.2. The number of nitrogens with one attached hydrogen (secondary N) is 2.